The molecule has 2 aliphatic heterocycles. The zero-order valence-electron chi connectivity index (χ0n) is 24.8. The van der Waals surface area contributed by atoms with Gasteiger partial charge in [-0.2, -0.15) is 13.2 Å². The lowest BCUT2D eigenvalue weighted by Gasteiger charge is -2.30. The summed E-state index contributed by atoms with van der Waals surface area (Å²) in [6.45, 7) is 6.46. The number of allylic oxidation sites excluding steroid dienone is 5. The highest BCUT2D eigenvalue weighted by Crippen LogP contribution is 2.37. The minimum Gasteiger partial charge on any atom is -0.378 e. The van der Waals surface area contributed by atoms with Crippen LogP contribution < -0.4 is 0 Å². The van der Waals surface area contributed by atoms with Gasteiger partial charge in [0.2, 0.25) is 5.91 Å². The van der Waals surface area contributed by atoms with E-state index in [4.69, 9.17) is 10.1 Å². The van der Waals surface area contributed by atoms with Crippen LogP contribution in [0.5, 0.6) is 0 Å². The molecule has 1 saturated heterocycles. The highest BCUT2D eigenvalue weighted by atomic mass is 19.4. The van der Waals surface area contributed by atoms with Gasteiger partial charge in [0.05, 0.1) is 25.8 Å². The van der Waals surface area contributed by atoms with Gasteiger partial charge in [-0.05, 0) is 75.0 Å². The van der Waals surface area contributed by atoms with E-state index in [-0.39, 0.29) is 47.7 Å². The first kappa shape index (κ1) is 33.8. The molecular weight excluding hydrogens is 555 g/mol. The van der Waals surface area contributed by atoms with E-state index in [1.54, 1.807) is 6.92 Å². The second-order valence-electron chi connectivity index (χ2n) is 11.4. The first-order chi connectivity index (χ1) is 19.9. The molecule has 1 saturated carbocycles. The Balaban J connectivity index is 1.74. The molecule has 0 aromatic heterocycles. The Morgan fingerprint density at radius 1 is 1.26 bits per heavy atom. The average Bonchev–Trinajstić information content (AvgIpc) is 3.12. The molecule has 6 nitrogen and oxygen atoms in total. The summed E-state index contributed by atoms with van der Waals surface area (Å²) in [7, 11) is 0. The molecule has 0 aromatic carbocycles. The van der Waals surface area contributed by atoms with Crippen LogP contribution in [0.1, 0.15) is 72.1 Å². The Bertz CT molecular complexity index is 1120. The van der Waals surface area contributed by atoms with Gasteiger partial charge in [-0.15, -0.1) is 0 Å². The Hall–Kier alpha value is -2.69. The first-order valence-corrected chi connectivity index (χ1v) is 14.8. The van der Waals surface area contributed by atoms with Crippen LogP contribution >= 0.6 is 0 Å². The number of carbonyl (C=O) groups is 1. The van der Waals surface area contributed by atoms with E-state index in [1.165, 1.54) is 26.0 Å². The number of carbonyl (C=O) groups excluding carboxylic acids is 1. The van der Waals surface area contributed by atoms with Crippen molar-refractivity contribution in [2.24, 2.45) is 15.9 Å². The largest absolute Gasteiger partial charge is 0.413 e. The summed E-state index contributed by atoms with van der Waals surface area (Å²) >= 11 is 0. The third-order valence-corrected chi connectivity index (χ3v) is 8.35. The molecule has 0 radical (unpaired) electrons. The normalized spacial score (nSPS) is 26.7. The average molecular weight is 599 g/mol. The summed E-state index contributed by atoms with van der Waals surface area (Å²) < 4.78 is 77.6. The minimum absolute atomic E-state index is 0.0215. The standard InChI is InChI=1S/C31H43F5N4O2/c1-20(26(11-12-37)27-9-8-24(32)19-38-21(27)2)28(31(34,35)36)18-29(33)22(3)39-25-6-4-5-23(17-25)7-10-30(41)40-13-15-42-16-14-40/h8-9,12,23-25,29,37H,4-7,10-11,13-19H2,1-3H3/b27-26+,28-20?,37-12?,39-22?. The maximum absolute atomic E-state index is 15.5. The van der Waals surface area contributed by atoms with Gasteiger partial charge in [0, 0.05) is 49.3 Å². The Kier molecular flexibility index (Phi) is 12.6. The van der Waals surface area contributed by atoms with Crippen LogP contribution in [0.15, 0.2) is 44.4 Å². The Labute approximate surface area is 245 Å². The van der Waals surface area contributed by atoms with Gasteiger partial charge >= 0.3 is 6.18 Å². The summed E-state index contributed by atoms with van der Waals surface area (Å²) in [5.74, 6) is 0.362. The Morgan fingerprint density at radius 3 is 2.64 bits per heavy atom. The molecule has 4 unspecified atom stereocenters. The van der Waals surface area contributed by atoms with Crippen LogP contribution in [0.2, 0.25) is 0 Å². The van der Waals surface area contributed by atoms with E-state index in [0.717, 1.165) is 25.5 Å². The summed E-state index contributed by atoms with van der Waals surface area (Å²) in [6.07, 6.45) is -1.15. The molecular formula is C31H43F5N4O2. The fourth-order valence-electron chi connectivity index (χ4n) is 5.88. The molecule has 1 amide bonds. The molecule has 4 atom stereocenters. The number of aliphatic imine (C=N–C) groups is 2. The number of alkyl halides is 5. The topological polar surface area (TPSA) is 78.1 Å². The summed E-state index contributed by atoms with van der Waals surface area (Å²) in [5, 5.41) is 7.56. The molecule has 2 heterocycles. The zero-order chi connectivity index (χ0) is 30.9. The van der Waals surface area contributed by atoms with Crippen molar-refractivity contribution in [1.29, 1.82) is 5.41 Å². The van der Waals surface area contributed by atoms with Crippen molar-refractivity contribution in [2.45, 2.75) is 96.7 Å². The lowest BCUT2D eigenvalue weighted by Crippen LogP contribution is -2.40. The van der Waals surface area contributed by atoms with E-state index >= 15 is 4.39 Å². The lowest BCUT2D eigenvalue weighted by atomic mass is 9.83. The van der Waals surface area contributed by atoms with Crippen LogP contribution in [0.25, 0.3) is 0 Å². The fraction of sp³-hybridized carbons (Fsp3) is 0.677. The van der Waals surface area contributed by atoms with E-state index in [0.29, 0.717) is 56.9 Å². The van der Waals surface area contributed by atoms with Gasteiger partial charge < -0.3 is 15.0 Å². The van der Waals surface area contributed by atoms with Crippen molar-refractivity contribution in [1.82, 2.24) is 4.90 Å². The second-order valence-corrected chi connectivity index (χ2v) is 11.4. The quantitative estimate of drug-likeness (QED) is 0.218. The number of hydrogen-bond donors (Lipinski definition) is 1. The summed E-state index contributed by atoms with van der Waals surface area (Å²) in [5.41, 5.74) is -0.327. The van der Waals surface area contributed by atoms with E-state index in [2.05, 4.69) is 9.98 Å². The zero-order valence-corrected chi connectivity index (χ0v) is 24.8. The van der Waals surface area contributed by atoms with Crippen LogP contribution in [-0.4, -0.2) is 85.9 Å². The molecule has 3 aliphatic rings. The molecule has 0 aromatic rings. The van der Waals surface area contributed by atoms with Crippen molar-refractivity contribution in [3.63, 3.8) is 0 Å². The Morgan fingerprint density at radius 2 is 1.98 bits per heavy atom. The molecule has 2 fully saturated rings. The van der Waals surface area contributed by atoms with Crippen LogP contribution in [0.4, 0.5) is 22.0 Å². The molecule has 42 heavy (non-hydrogen) atoms. The van der Waals surface area contributed by atoms with Crippen LogP contribution in [0, 0.1) is 11.3 Å². The molecule has 1 N–H and O–H groups in total. The first-order valence-electron chi connectivity index (χ1n) is 14.8. The maximum Gasteiger partial charge on any atom is 0.413 e. The van der Waals surface area contributed by atoms with Crippen molar-refractivity contribution < 1.29 is 31.5 Å². The number of ether oxygens (including phenoxy) is 1. The van der Waals surface area contributed by atoms with Crippen LogP contribution in [-0.2, 0) is 9.53 Å². The summed E-state index contributed by atoms with van der Waals surface area (Å²) in [6, 6.07) is -0.195. The minimum atomic E-state index is -4.81. The highest BCUT2D eigenvalue weighted by molar-refractivity contribution is 6.03. The molecule has 11 heteroatoms. The summed E-state index contributed by atoms with van der Waals surface area (Å²) in [4.78, 5) is 23.0. The van der Waals surface area contributed by atoms with Crippen molar-refractivity contribution >= 4 is 23.5 Å². The third kappa shape index (κ3) is 9.67. The highest BCUT2D eigenvalue weighted by Gasteiger charge is 2.38. The molecule has 3 rings (SSSR count). The van der Waals surface area contributed by atoms with Gasteiger partial charge in [0.15, 0.2) is 0 Å². The molecule has 1 aliphatic carbocycles. The monoisotopic (exact) mass is 598 g/mol. The smallest absolute Gasteiger partial charge is 0.378 e. The molecule has 0 bridgehead atoms. The number of nitrogens with one attached hydrogen (secondary N) is 1. The van der Waals surface area contributed by atoms with E-state index in [9.17, 15) is 22.4 Å². The van der Waals surface area contributed by atoms with E-state index in [1.807, 2.05) is 4.90 Å². The van der Waals surface area contributed by atoms with Crippen molar-refractivity contribution in [3.05, 3.63) is 34.4 Å². The van der Waals surface area contributed by atoms with Gasteiger partial charge in [0.25, 0.3) is 0 Å². The predicted octanol–water partition coefficient (Wildman–Crippen LogP) is 6.96. The SMILES string of the molecule is CC1=NCC(F)C=C/C1=C(/CC=N)C(C)=C(CC(F)C(C)=NC1CCCC(CCC(=O)N2CCOCC2)C1)C(F)(F)F. The van der Waals surface area contributed by atoms with Gasteiger partial charge in [-0.25, -0.2) is 8.78 Å². The van der Waals surface area contributed by atoms with Crippen LogP contribution in [0.3, 0.4) is 0 Å². The molecule has 0 spiro atoms. The fourth-order valence-corrected chi connectivity index (χ4v) is 5.88. The van der Waals surface area contributed by atoms with Crippen molar-refractivity contribution in [3.8, 4) is 0 Å². The number of amides is 1. The second kappa shape index (κ2) is 15.7. The molecule has 234 valence electrons. The van der Waals surface area contributed by atoms with Gasteiger partial charge in [0.1, 0.15) is 12.3 Å². The van der Waals surface area contributed by atoms with Gasteiger partial charge in [-0.3, -0.25) is 14.8 Å². The van der Waals surface area contributed by atoms with Gasteiger partial charge in [-0.1, -0.05) is 18.9 Å². The number of halogens is 5. The van der Waals surface area contributed by atoms with E-state index < -0.39 is 30.5 Å². The number of rotatable bonds is 10. The number of nitrogens with zero attached hydrogens (tertiary/aromatic N) is 3. The third-order valence-electron chi connectivity index (χ3n) is 8.35. The maximum atomic E-state index is 15.5. The lowest BCUT2D eigenvalue weighted by molar-refractivity contribution is -0.135. The number of hydrogen-bond acceptors (Lipinski definition) is 5. The number of morpholine rings is 1. The predicted molar refractivity (Wildman–Crippen MR) is 156 cm³/mol. The van der Waals surface area contributed by atoms with Crippen molar-refractivity contribution in [2.75, 3.05) is 32.8 Å².